The summed E-state index contributed by atoms with van der Waals surface area (Å²) < 4.78 is 0. The average Bonchev–Trinajstić information content (AvgIpc) is 3.00. The molecule has 0 spiro atoms. The van der Waals surface area contributed by atoms with Crippen molar-refractivity contribution in [3.8, 4) is 11.8 Å². The molecule has 1 atom stereocenters. The first-order valence-electron chi connectivity index (χ1n) is 7.65. The Balaban J connectivity index is 1.72. The minimum atomic E-state index is -0.932. The number of pyridine rings is 1. The summed E-state index contributed by atoms with van der Waals surface area (Å²) in [4.78, 5) is 17.6. The maximum absolute atomic E-state index is 10.8. The van der Waals surface area contributed by atoms with Crippen LogP contribution in [-0.4, -0.2) is 34.6 Å². The predicted octanol–water partition coefficient (Wildman–Crippen LogP) is 2.95. The normalized spacial score (nSPS) is 17.5. The number of likely N-dealkylation sites (tertiary alicyclic amines) is 1. The highest BCUT2D eigenvalue weighted by Crippen LogP contribution is 2.29. The van der Waals surface area contributed by atoms with Crippen LogP contribution in [0.1, 0.15) is 46.1 Å². The molecular weight excluding hydrogens is 288 g/mol. The third-order valence-corrected chi connectivity index (χ3v) is 4.16. The number of rotatable bonds is 2. The lowest BCUT2D eigenvalue weighted by molar-refractivity contribution is 0.0697. The van der Waals surface area contributed by atoms with Crippen molar-refractivity contribution in [1.29, 1.82) is 0 Å². The van der Waals surface area contributed by atoms with Crippen LogP contribution in [0.15, 0.2) is 42.6 Å². The van der Waals surface area contributed by atoms with Gasteiger partial charge in [-0.3, -0.25) is 4.90 Å². The van der Waals surface area contributed by atoms with Crippen LogP contribution in [0.5, 0.6) is 0 Å². The molecule has 1 saturated heterocycles. The minimum Gasteiger partial charge on any atom is -0.478 e. The van der Waals surface area contributed by atoms with E-state index in [2.05, 4.69) is 34.8 Å². The van der Waals surface area contributed by atoms with Gasteiger partial charge in [-0.25, -0.2) is 9.78 Å². The summed E-state index contributed by atoms with van der Waals surface area (Å²) in [6.07, 6.45) is 4.32. The van der Waals surface area contributed by atoms with Gasteiger partial charge in [-0.1, -0.05) is 12.0 Å². The molecule has 116 valence electrons. The number of hydrogen-bond donors (Lipinski definition) is 1. The van der Waals surface area contributed by atoms with E-state index >= 15 is 0 Å². The van der Waals surface area contributed by atoms with Crippen LogP contribution in [0, 0.1) is 11.8 Å². The zero-order chi connectivity index (χ0) is 16.2. The fourth-order valence-electron chi connectivity index (χ4n) is 2.84. The minimum absolute atomic E-state index is 0.263. The Bertz CT molecular complexity index is 755. The van der Waals surface area contributed by atoms with Crippen molar-refractivity contribution in [2.45, 2.75) is 18.9 Å². The predicted molar refractivity (Wildman–Crippen MR) is 88.2 cm³/mol. The first-order chi connectivity index (χ1) is 11.1. The standard InChI is InChI=1S/C19H18N2O2/c1-21-12-2-3-18(21)16-9-11-17(20-13-16)10-6-14-4-7-15(8-5-14)19(22)23/h4-5,7-9,11,13,18H,2-3,12H2,1H3,(H,22,23). The Morgan fingerprint density at radius 1 is 1.22 bits per heavy atom. The third-order valence-electron chi connectivity index (χ3n) is 4.16. The number of benzene rings is 1. The molecule has 0 radical (unpaired) electrons. The quantitative estimate of drug-likeness (QED) is 0.867. The lowest BCUT2D eigenvalue weighted by atomic mass is 10.1. The number of aromatic nitrogens is 1. The van der Waals surface area contributed by atoms with Gasteiger partial charge in [0.15, 0.2) is 0 Å². The van der Waals surface area contributed by atoms with Crippen LogP contribution in [0.25, 0.3) is 0 Å². The molecule has 0 amide bonds. The summed E-state index contributed by atoms with van der Waals surface area (Å²) in [5.74, 6) is 5.09. The summed E-state index contributed by atoms with van der Waals surface area (Å²) in [5.41, 5.74) is 2.99. The highest BCUT2D eigenvalue weighted by molar-refractivity contribution is 5.87. The number of hydrogen-bond acceptors (Lipinski definition) is 3. The molecule has 23 heavy (non-hydrogen) atoms. The summed E-state index contributed by atoms with van der Waals surface area (Å²) in [5, 5.41) is 8.87. The molecule has 2 heterocycles. The zero-order valence-electron chi connectivity index (χ0n) is 13.0. The van der Waals surface area contributed by atoms with Crippen molar-refractivity contribution < 1.29 is 9.90 Å². The number of carbonyl (C=O) groups is 1. The maximum Gasteiger partial charge on any atom is 0.335 e. The van der Waals surface area contributed by atoms with Crippen LogP contribution < -0.4 is 0 Å². The van der Waals surface area contributed by atoms with E-state index in [0.717, 1.165) is 17.8 Å². The number of aromatic carboxylic acids is 1. The molecule has 0 saturated carbocycles. The number of carboxylic acid groups (broad SMARTS) is 1. The Morgan fingerprint density at radius 3 is 2.57 bits per heavy atom. The van der Waals surface area contributed by atoms with Crippen molar-refractivity contribution in [1.82, 2.24) is 9.88 Å². The van der Waals surface area contributed by atoms with Crippen LogP contribution >= 0.6 is 0 Å². The van der Waals surface area contributed by atoms with Crippen molar-refractivity contribution in [2.24, 2.45) is 0 Å². The fraction of sp³-hybridized carbons (Fsp3) is 0.263. The van der Waals surface area contributed by atoms with Gasteiger partial charge in [0.25, 0.3) is 0 Å². The van der Waals surface area contributed by atoms with E-state index in [9.17, 15) is 4.79 Å². The molecule has 1 fully saturated rings. The van der Waals surface area contributed by atoms with E-state index in [0.29, 0.717) is 6.04 Å². The molecule has 1 aliphatic heterocycles. The van der Waals surface area contributed by atoms with Crippen molar-refractivity contribution in [3.63, 3.8) is 0 Å². The van der Waals surface area contributed by atoms with Crippen LogP contribution in [0.3, 0.4) is 0 Å². The molecule has 1 N–H and O–H groups in total. The zero-order valence-corrected chi connectivity index (χ0v) is 13.0. The summed E-state index contributed by atoms with van der Waals surface area (Å²) in [7, 11) is 2.15. The molecule has 1 aromatic heterocycles. The molecule has 0 aliphatic carbocycles. The molecular formula is C19H18N2O2. The van der Waals surface area contributed by atoms with Crippen LogP contribution in [0.4, 0.5) is 0 Å². The Morgan fingerprint density at radius 2 is 2.00 bits per heavy atom. The Kier molecular flexibility index (Phi) is 4.40. The van der Waals surface area contributed by atoms with Gasteiger partial charge >= 0.3 is 5.97 Å². The monoisotopic (exact) mass is 306 g/mol. The molecule has 1 unspecified atom stereocenters. The molecule has 0 bridgehead atoms. The van der Waals surface area contributed by atoms with E-state index < -0.39 is 5.97 Å². The average molecular weight is 306 g/mol. The maximum atomic E-state index is 10.8. The largest absolute Gasteiger partial charge is 0.478 e. The topological polar surface area (TPSA) is 53.4 Å². The van der Waals surface area contributed by atoms with Crippen molar-refractivity contribution in [2.75, 3.05) is 13.6 Å². The number of nitrogens with zero attached hydrogens (tertiary/aromatic N) is 2. The van der Waals surface area contributed by atoms with Gasteiger partial charge in [0, 0.05) is 17.8 Å². The van der Waals surface area contributed by atoms with E-state index in [1.54, 1.807) is 24.3 Å². The molecule has 1 aromatic carbocycles. The summed E-state index contributed by atoms with van der Waals surface area (Å²) in [6, 6.07) is 11.0. The van der Waals surface area contributed by atoms with E-state index in [1.165, 1.54) is 18.4 Å². The lowest BCUT2D eigenvalue weighted by Gasteiger charge is -2.19. The van der Waals surface area contributed by atoms with Crippen LogP contribution in [-0.2, 0) is 0 Å². The number of carboxylic acids is 1. The van der Waals surface area contributed by atoms with Crippen molar-refractivity contribution in [3.05, 3.63) is 65.0 Å². The molecule has 2 aromatic rings. The van der Waals surface area contributed by atoms with Gasteiger partial charge in [0.05, 0.1) is 5.56 Å². The van der Waals surface area contributed by atoms with Gasteiger partial charge in [0.1, 0.15) is 5.69 Å². The van der Waals surface area contributed by atoms with E-state index in [1.807, 2.05) is 12.3 Å². The van der Waals surface area contributed by atoms with Gasteiger partial charge < -0.3 is 5.11 Å². The lowest BCUT2D eigenvalue weighted by Crippen LogP contribution is -2.17. The second kappa shape index (κ2) is 6.64. The van der Waals surface area contributed by atoms with Crippen molar-refractivity contribution >= 4 is 5.97 Å². The van der Waals surface area contributed by atoms with E-state index in [-0.39, 0.29) is 5.56 Å². The van der Waals surface area contributed by atoms with Crippen LogP contribution in [0.2, 0.25) is 0 Å². The SMILES string of the molecule is CN1CCCC1c1ccc(C#Cc2ccc(C(=O)O)cc2)nc1. The smallest absolute Gasteiger partial charge is 0.335 e. The summed E-state index contributed by atoms with van der Waals surface area (Å²) in [6.45, 7) is 1.14. The third kappa shape index (κ3) is 3.58. The Hall–Kier alpha value is -2.64. The molecule has 4 heteroatoms. The van der Waals surface area contributed by atoms with Gasteiger partial charge in [-0.05, 0) is 68.2 Å². The highest BCUT2D eigenvalue weighted by Gasteiger charge is 2.22. The molecule has 1 aliphatic rings. The highest BCUT2D eigenvalue weighted by atomic mass is 16.4. The Labute approximate surface area is 135 Å². The molecule has 4 nitrogen and oxygen atoms in total. The fourth-order valence-corrected chi connectivity index (χ4v) is 2.84. The molecule has 3 rings (SSSR count). The van der Waals surface area contributed by atoms with Gasteiger partial charge in [-0.15, -0.1) is 0 Å². The second-order valence-electron chi connectivity index (χ2n) is 5.75. The first kappa shape index (κ1) is 15.3. The first-order valence-corrected chi connectivity index (χ1v) is 7.65. The van der Waals surface area contributed by atoms with E-state index in [4.69, 9.17) is 5.11 Å². The van der Waals surface area contributed by atoms with Gasteiger partial charge in [0.2, 0.25) is 0 Å². The van der Waals surface area contributed by atoms with Gasteiger partial charge in [-0.2, -0.15) is 0 Å². The summed E-state index contributed by atoms with van der Waals surface area (Å²) >= 11 is 0. The second-order valence-corrected chi connectivity index (χ2v) is 5.75.